The van der Waals surface area contributed by atoms with Gasteiger partial charge in [-0.05, 0) is 60.8 Å². The van der Waals surface area contributed by atoms with E-state index in [1.165, 1.54) is 0 Å². The maximum absolute atomic E-state index is 12.5. The molecule has 36 heavy (non-hydrogen) atoms. The molecule has 0 unspecified atom stereocenters. The molecule has 7 heteroatoms. The lowest BCUT2D eigenvalue weighted by atomic mass is 10.1. The van der Waals surface area contributed by atoms with Crippen LogP contribution in [0.15, 0.2) is 60.7 Å². The van der Waals surface area contributed by atoms with Crippen molar-refractivity contribution in [1.29, 1.82) is 0 Å². The Morgan fingerprint density at radius 3 is 2.31 bits per heavy atom. The normalized spacial score (nSPS) is 11.0. The van der Waals surface area contributed by atoms with Gasteiger partial charge in [-0.1, -0.05) is 30.3 Å². The number of carboxylic acid groups (broad SMARTS) is 1. The highest BCUT2D eigenvalue weighted by Crippen LogP contribution is 2.29. The maximum Gasteiger partial charge on any atom is 0.352 e. The van der Waals surface area contributed by atoms with Crippen molar-refractivity contribution in [2.75, 3.05) is 27.9 Å². The van der Waals surface area contributed by atoms with E-state index in [1.54, 1.807) is 21.3 Å². The Morgan fingerprint density at radius 2 is 1.64 bits per heavy atom. The molecular weight excluding hydrogens is 456 g/mol. The SMILES string of the molecule is COc1ccc(Cn2c(C(=O)O)c(CNCCc3ccc(OC)cc3OC)c3ccc(C)cc32)cc1. The number of carboxylic acids is 1. The Labute approximate surface area is 211 Å². The van der Waals surface area contributed by atoms with Crippen molar-refractivity contribution >= 4 is 16.9 Å². The summed E-state index contributed by atoms with van der Waals surface area (Å²) in [5.74, 6) is 1.35. The molecule has 0 spiro atoms. The third-order valence-electron chi connectivity index (χ3n) is 6.39. The van der Waals surface area contributed by atoms with E-state index in [4.69, 9.17) is 14.2 Å². The lowest BCUT2D eigenvalue weighted by Gasteiger charge is -2.12. The van der Waals surface area contributed by atoms with Crippen molar-refractivity contribution < 1.29 is 24.1 Å². The van der Waals surface area contributed by atoms with Gasteiger partial charge in [0, 0.05) is 35.6 Å². The molecule has 1 aromatic heterocycles. The summed E-state index contributed by atoms with van der Waals surface area (Å²) in [7, 11) is 4.90. The summed E-state index contributed by atoms with van der Waals surface area (Å²) in [6.45, 7) is 3.58. The maximum atomic E-state index is 12.5. The van der Waals surface area contributed by atoms with E-state index in [0.717, 1.165) is 56.8 Å². The first-order valence-electron chi connectivity index (χ1n) is 11.8. The number of nitrogens with zero attached hydrogens (tertiary/aromatic N) is 1. The molecule has 0 saturated carbocycles. The number of aromatic carboxylic acids is 1. The van der Waals surface area contributed by atoms with E-state index in [2.05, 4.69) is 11.4 Å². The van der Waals surface area contributed by atoms with Crippen LogP contribution in [0.1, 0.15) is 32.7 Å². The van der Waals surface area contributed by atoms with Gasteiger partial charge < -0.3 is 29.2 Å². The van der Waals surface area contributed by atoms with Crippen LogP contribution < -0.4 is 19.5 Å². The topological polar surface area (TPSA) is 82.0 Å². The molecule has 0 saturated heterocycles. The van der Waals surface area contributed by atoms with Gasteiger partial charge in [-0.3, -0.25) is 0 Å². The largest absolute Gasteiger partial charge is 0.497 e. The number of nitrogens with one attached hydrogen (secondary N) is 1. The molecule has 0 atom stereocenters. The van der Waals surface area contributed by atoms with Crippen molar-refractivity contribution in [2.45, 2.75) is 26.4 Å². The van der Waals surface area contributed by atoms with Crippen molar-refractivity contribution in [3.8, 4) is 17.2 Å². The van der Waals surface area contributed by atoms with Crippen LogP contribution in [0.3, 0.4) is 0 Å². The number of fused-ring (bicyclic) bond motifs is 1. The van der Waals surface area contributed by atoms with Gasteiger partial charge in [0.25, 0.3) is 0 Å². The lowest BCUT2D eigenvalue weighted by Crippen LogP contribution is -2.19. The monoisotopic (exact) mass is 488 g/mol. The molecule has 0 aliphatic carbocycles. The van der Waals surface area contributed by atoms with Gasteiger partial charge in [0.1, 0.15) is 22.9 Å². The van der Waals surface area contributed by atoms with Crippen molar-refractivity contribution in [2.24, 2.45) is 0 Å². The molecule has 0 amide bonds. The highest BCUT2D eigenvalue weighted by atomic mass is 16.5. The van der Waals surface area contributed by atoms with Crippen LogP contribution in [0.5, 0.6) is 17.2 Å². The summed E-state index contributed by atoms with van der Waals surface area (Å²) >= 11 is 0. The van der Waals surface area contributed by atoms with Gasteiger partial charge in [-0.2, -0.15) is 0 Å². The molecule has 1 heterocycles. The molecule has 4 rings (SSSR count). The molecule has 3 aromatic carbocycles. The second kappa shape index (κ2) is 11.2. The molecular formula is C29H32N2O5. The number of hydrogen-bond donors (Lipinski definition) is 2. The number of hydrogen-bond acceptors (Lipinski definition) is 5. The molecule has 0 aliphatic heterocycles. The van der Waals surface area contributed by atoms with Crippen molar-refractivity contribution in [1.82, 2.24) is 9.88 Å². The summed E-state index contributed by atoms with van der Waals surface area (Å²) in [6, 6.07) is 19.6. The minimum absolute atomic E-state index is 0.306. The Balaban J connectivity index is 1.60. The van der Waals surface area contributed by atoms with Crippen LogP contribution in [0.4, 0.5) is 0 Å². The van der Waals surface area contributed by atoms with E-state index in [1.807, 2.05) is 66.1 Å². The first-order valence-corrected chi connectivity index (χ1v) is 11.8. The zero-order valence-corrected chi connectivity index (χ0v) is 21.1. The van der Waals surface area contributed by atoms with Crippen LogP contribution in [-0.2, 0) is 19.5 Å². The number of benzene rings is 3. The number of ether oxygens (including phenoxy) is 3. The van der Waals surface area contributed by atoms with Crippen molar-refractivity contribution in [3.63, 3.8) is 0 Å². The number of methoxy groups -OCH3 is 3. The van der Waals surface area contributed by atoms with E-state index in [9.17, 15) is 9.90 Å². The van der Waals surface area contributed by atoms with Gasteiger partial charge in [0.2, 0.25) is 0 Å². The minimum atomic E-state index is -0.939. The second-order valence-corrected chi connectivity index (χ2v) is 8.69. The van der Waals surface area contributed by atoms with Crippen LogP contribution in [-0.4, -0.2) is 43.5 Å². The number of rotatable bonds is 11. The molecule has 188 valence electrons. The quantitative estimate of drug-likeness (QED) is 0.288. The Hall–Kier alpha value is -3.97. The van der Waals surface area contributed by atoms with Gasteiger partial charge in [-0.25, -0.2) is 4.79 Å². The Bertz CT molecular complexity index is 1360. The summed E-state index contributed by atoms with van der Waals surface area (Å²) in [5, 5.41) is 14.6. The van der Waals surface area contributed by atoms with Crippen LogP contribution >= 0.6 is 0 Å². The van der Waals surface area contributed by atoms with E-state index < -0.39 is 5.97 Å². The zero-order valence-electron chi connectivity index (χ0n) is 21.1. The third kappa shape index (κ3) is 5.31. The summed E-state index contributed by atoms with van der Waals surface area (Å²) in [5.41, 5.74) is 5.15. The fourth-order valence-electron chi connectivity index (χ4n) is 4.53. The van der Waals surface area contributed by atoms with E-state index in [0.29, 0.717) is 25.3 Å². The highest BCUT2D eigenvalue weighted by molar-refractivity contribution is 5.98. The van der Waals surface area contributed by atoms with Gasteiger partial charge in [0.05, 0.1) is 21.3 Å². The molecule has 2 N–H and O–H groups in total. The molecule has 0 radical (unpaired) electrons. The first-order chi connectivity index (χ1) is 17.4. The van der Waals surface area contributed by atoms with Gasteiger partial charge in [0.15, 0.2) is 0 Å². The fraction of sp³-hybridized carbons (Fsp3) is 0.276. The number of carbonyl (C=O) groups is 1. The van der Waals surface area contributed by atoms with Crippen molar-refractivity contribution in [3.05, 3.63) is 88.6 Å². The zero-order chi connectivity index (χ0) is 25.7. The summed E-state index contributed by atoms with van der Waals surface area (Å²) in [4.78, 5) is 12.5. The van der Waals surface area contributed by atoms with E-state index >= 15 is 0 Å². The first kappa shape index (κ1) is 25.1. The van der Waals surface area contributed by atoms with Crippen LogP contribution in [0, 0.1) is 6.92 Å². The standard InChI is InChI=1S/C29H32N2O5/c1-19-5-12-24-25(17-30-14-13-21-8-11-23(35-3)16-27(21)36-4)28(29(32)33)31(26(24)15-19)18-20-6-9-22(34-2)10-7-20/h5-12,15-16,30H,13-14,17-18H2,1-4H3,(H,32,33). The molecule has 0 fully saturated rings. The average molecular weight is 489 g/mol. The van der Waals surface area contributed by atoms with E-state index in [-0.39, 0.29) is 0 Å². The Kier molecular flexibility index (Phi) is 7.80. The summed E-state index contributed by atoms with van der Waals surface area (Å²) in [6.07, 6.45) is 0.735. The third-order valence-corrected chi connectivity index (χ3v) is 6.39. The summed E-state index contributed by atoms with van der Waals surface area (Å²) < 4.78 is 17.9. The molecule has 7 nitrogen and oxygen atoms in total. The molecule has 0 aliphatic rings. The smallest absolute Gasteiger partial charge is 0.352 e. The number of aryl methyl sites for hydroxylation is 1. The fourth-order valence-corrected chi connectivity index (χ4v) is 4.53. The predicted octanol–water partition coefficient (Wildman–Crippen LogP) is 5.05. The van der Waals surface area contributed by atoms with Crippen LogP contribution in [0.2, 0.25) is 0 Å². The predicted molar refractivity (Wildman–Crippen MR) is 141 cm³/mol. The minimum Gasteiger partial charge on any atom is -0.497 e. The lowest BCUT2D eigenvalue weighted by molar-refractivity contribution is 0.0684. The van der Waals surface area contributed by atoms with Crippen LogP contribution in [0.25, 0.3) is 10.9 Å². The highest BCUT2D eigenvalue weighted by Gasteiger charge is 2.22. The van der Waals surface area contributed by atoms with Gasteiger partial charge in [-0.15, -0.1) is 0 Å². The average Bonchev–Trinajstić information content (AvgIpc) is 3.19. The number of aromatic nitrogens is 1. The van der Waals surface area contributed by atoms with Gasteiger partial charge >= 0.3 is 5.97 Å². The second-order valence-electron chi connectivity index (χ2n) is 8.69. The Morgan fingerprint density at radius 1 is 0.917 bits per heavy atom. The molecule has 0 bridgehead atoms. The molecule has 4 aromatic rings.